The Bertz CT molecular complexity index is 904. The molecule has 1 fully saturated rings. The van der Waals surface area contributed by atoms with Crippen LogP contribution in [0.2, 0.25) is 5.02 Å². The van der Waals surface area contributed by atoms with E-state index < -0.39 is 14.8 Å². The molecule has 2 aromatic rings. The fourth-order valence-electron chi connectivity index (χ4n) is 2.85. The topological polar surface area (TPSA) is 83.8 Å². The van der Waals surface area contributed by atoms with E-state index in [4.69, 9.17) is 11.6 Å². The third-order valence-corrected chi connectivity index (χ3v) is 7.45. The summed E-state index contributed by atoms with van der Waals surface area (Å²) in [7, 11) is -3.47. The standard InChI is InChI=1S/C16H18ClN3O4S2/c1-26(23,24)15-10-14(20(21)22)16(25-15)19-8-6-18(7-9-19)11-12-2-4-13(17)5-3-12/h2-5,10H,6-9,11H2,1H3. The summed E-state index contributed by atoms with van der Waals surface area (Å²) in [6.45, 7) is 3.49. The minimum absolute atomic E-state index is 0.0304. The lowest BCUT2D eigenvalue weighted by Gasteiger charge is -2.34. The van der Waals surface area contributed by atoms with Crippen LogP contribution < -0.4 is 4.90 Å². The van der Waals surface area contributed by atoms with E-state index in [1.165, 1.54) is 0 Å². The molecular weight excluding hydrogens is 398 g/mol. The highest BCUT2D eigenvalue weighted by molar-refractivity contribution is 7.92. The summed E-state index contributed by atoms with van der Waals surface area (Å²) >= 11 is 6.87. The van der Waals surface area contributed by atoms with Crippen molar-refractivity contribution in [1.82, 2.24) is 4.90 Å². The quantitative estimate of drug-likeness (QED) is 0.551. The Kier molecular flexibility index (Phi) is 5.52. The van der Waals surface area contributed by atoms with E-state index in [-0.39, 0.29) is 9.90 Å². The number of halogens is 1. The Labute approximate surface area is 160 Å². The second-order valence-corrected chi connectivity index (χ2v) is 9.88. The molecule has 2 heterocycles. The van der Waals surface area contributed by atoms with E-state index in [1.54, 1.807) is 0 Å². The molecule has 10 heteroatoms. The number of rotatable bonds is 5. The van der Waals surface area contributed by atoms with Gasteiger partial charge < -0.3 is 4.90 Å². The largest absolute Gasteiger partial charge is 0.355 e. The number of nitrogens with zero attached hydrogens (tertiary/aromatic N) is 3. The van der Waals surface area contributed by atoms with E-state index in [0.717, 1.165) is 48.9 Å². The molecule has 1 aliphatic heterocycles. The molecule has 0 amide bonds. The lowest BCUT2D eigenvalue weighted by molar-refractivity contribution is -0.383. The van der Waals surface area contributed by atoms with E-state index >= 15 is 0 Å². The average Bonchev–Trinajstić information content (AvgIpc) is 3.04. The molecule has 7 nitrogen and oxygen atoms in total. The molecule has 0 saturated carbocycles. The normalized spacial score (nSPS) is 16.0. The first-order valence-corrected chi connectivity index (χ1v) is 11.0. The van der Waals surface area contributed by atoms with Gasteiger partial charge in [0.25, 0.3) is 0 Å². The summed E-state index contributed by atoms with van der Waals surface area (Å²) in [6, 6.07) is 8.84. The molecule has 0 unspecified atom stereocenters. The number of benzene rings is 1. The van der Waals surface area contributed by atoms with Gasteiger partial charge in [0, 0.05) is 50.1 Å². The lowest BCUT2D eigenvalue weighted by Crippen LogP contribution is -2.45. The van der Waals surface area contributed by atoms with Crippen LogP contribution >= 0.6 is 22.9 Å². The van der Waals surface area contributed by atoms with Crippen molar-refractivity contribution in [2.24, 2.45) is 0 Å². The lowest BCUT2D eigenvalue weighted by atomic mass is 10.2. The molecule has 0 aliphatic carbocycles. The number of anilines is 1. The summed E-state index contributed by atoms with van der Waals surface area (Å²) in [5, 5.41) is 12.4. The Morgan fingerprint density at radius 2 is 1.81 bits per heavy atom. The number of hydrogen-bond donors (Lipinski definition) is 0. The van der Waals surface area contributed by atoms with Crippen molar-refractivity contribution in [3.8, 4) is 0 Å². The minimum Gasteiger partial charge on any atom is -0.355 e. The molecule has 1 saturated heterocycles. The fourth-order valence-corrected chi connectivity index (χ4v) is 5.05. The van der Waals surface area contributed by atoms with Gasteiger partial charge in [-0.15, -0.1) is 0 Å². The molecule has 1 aliphatic rings. The monoisotopic (exact) mass is 415 g/mol. The van der Waals surface area contributed by atoms with Crippen LogP contribution in [-0.4, -0.2) is 50.7 Å². The molecule has 0 bridgehead atoms. The summed E-state index contributed by atoms with van der Waals surface area (Å²) in [5.41, 5.74) is 1.02. The average molecular weight is 416 g/mol. The van der Waals surface area contributed by atoms with Crippen LogP contribution in [0.25, 0.3) is 0 Å². The SMILES string of the molecule is CS(=O)(=O)c1cc([N+](=O)[O-])c(N2CCN(Cc3ccc(Cl)cc3)CC2)s1. The predicted octanol–water partition coefficient (Wildman–Crippen LogP) is 3.04. The highest BCUT2D eigenvalue weighted by atomic mass is 35.5. The van der Waals surface area contributed by atoms with Crippen molar-refractivity contribution < 1.29 is 13.3 Å². The van der Waals surface area contributed by atoms with Crippen LogP contribution in [-0.2, 0) is 16.4 Å². The Morgan fingerprint density at radius 3 is 2.35 bits per heavy atom. The van der Waals surface area contributed by atoms with Crippen LogP contribution in [0.3, 0.4) is 0 Å². The Morgan fingerprint density at radius 1 is 1.19 bits per heavy atom. The number of hydrogen-bond acceptors (Lipinski definition) is 7. The van der Waals surface area contributed by atoms with Crippen molar-refractivity contribution in [2.75, 3.05) is 37.3 Å². The summed E-state index contributed by atoms with van der Waals surface area (Å²) in [4.78, 5) is 15.0. The fraction of sp³-hybridized carbons (Fsp3) is 0.375. The maximum atomic E-state index is 11.7. The van der Waals surface area contributed by atoms with E-state index in [0.29, 0.717) is 23.1 Å². The molecule has 26 heavy (non-hydrogen) atoms. The van der Waals surface area contributed by atoms with Gasteiger partial charge >= 0.3 is 5.69 Å². The first-order valence-electron chi connectivity index (χ1n) is 7.94. The first kappa shape index (κ1) is 19.1. The van der Waals surface area contributed by atoms with Gasteiger partial charge in [-0.25, -0.2) is 8.42 Å². The predicted molar refractivity (Wildman–Crippen MR) is 103 cm³/mol. The van der Waals surface area contributed by atoms with Crippen LogP contribution in [0, 0.1) is 10.1 Å². The first-order chi connectivity index (χ1) is 12.2. The van der Waals surface area contributed by atoms with E-state index in [9.17, 15) is 18.5 Å². The zero-order chi connectivity index (χ0) is 18.9. The third-order valence-electron chi connectivity index (χ3n) is 4.21. The third kappa shape index (κ3) is 4.35. The maximum Gasteiger partial charge on any atom is 0.305 e. The van der Waals surface area contributed by atoms with Gasteiger partial charge in [0.2, 0.25) is 0 Å². The highest BCUT2D eigenvalue weighted by Crippen LogP contribution is 2.40. The van der Waals surface area contributed by atoms with Crippen LogP contribution in [0.15, 0.2) is 34.5 Å². The smallest absolute Gasteiger partial charge is 0.305 e. The van der Waals surface area contributed by atoms with E-state index in [1.807, 2.05) is 29.2 Å². The highest BCUT2D eigenvalue weighted by Gasteiger charge is 2.29. The van der Waals surface area contributed by atoms with Crippen molar-refractivity contribution in [3.63, 3.8) is 0 Å². The molecule has 140 valence electrons. The minimum atomic E-state index is -3.47. The van der Waals surface area contributed by atoms with Crippen molar-refractivity contribution in [2.45, 2.75) is 10.8 Å². The summed E-state index contributed by atoms with van der Waals surface area (Å²) in [6.07, 6.45) is 1.07. The number of sulfone groups is 1. The maximum absolute atomic E-state index is 11.7. The summed E-state index contributed by atoms with van der Waals surface area (Å²) < 4.78 is 23.5. The molecule has 0 radical (unpaired) electrons. The number of thiophene rings is 1. The molecule has 0 atom stereocenters. The van der Waals surface area contributed by atoms with Crippen molar-refractivity contribution >= 4 is 43.5 Å². The number of piperazine rings is 1. The second kappa shape index (κ2) is 7.51. The second-order valence-electron chi connectivity index (χ2n) is 6.17. The van der Waals surface area contributed by atoms with Gasteiger partial charge in [-0.05, 0) is 17.7 Å². The van der Waals surface area contributed by atoms with Crippen molar-refractivity contribution in [1.29, 1.82) is 0 Å². The van der Waals surface area contributed by atoms with Gasteiger partial charge in [0.1, 0.15) is 4.21 Å². The molecule has 0 spiro atoms. The molecule has 1 aromatic heterocycles. The molecule has 0 N–H and O–H groups in total. The number of nitro groups is 1. The van der Waals surface area contributed by atoms with Gasteiger partial charge in [-0.3, -0.25) is 15.0 Å². The van der Waals surface area contributed by atoms with Gasteiger partial charge in [0.05, 0.1) is 4.92 Å². The van der Waals surface area contributed by atoms with Gasteiger partial charge in [-0.1, -0.05) is 35.1 Å². The Balaban J connectivity index is 1.70. The van der Waals surface area contributed by atoms with Crippen molar-refractivity contribution in [3.05, 3.63) is 51.0 Å². The Hall–Kier alpha value is -1.68. The summed E-state index contributed by atoms with van der Waals surface area (Å²) in [5.74, 6) is 0. The molecule has 3 rings (SSSR count). The van der Waals surface area contributed by atoms with Crippen LogP contribution in [0.1, 0.15) is 5.56 Å². The molecule has 1 aromatic carbocycles. The van der Waals surface area contributed by atoms with Crippen LogP contribution in [0.4, 0.5) is 10.7 Å². The zero-order valence-corrected chi connectivity index (χ0v) is 16.5. The van der Waals surface area contributed by atoms with E-state index in [2.05, 4.69) is 4.90 Å². The van der Waals surface area contributed by atoms with Crippen LogP contribution in [0.5, 0.6) is 0 Å². The van der Waals surface area contributed by atoms with Gasteiger partial charge in [0.15, 0.2) is 14.8 Å². The molecular formula is C16H18ClN3O4S2. The van der Waals surface area contributed by atoms with Gasteiger partial charge in [-0.2, -0.15) is 0 Å². The zero-order valence-electron chi connectivity index (χ0n) is 14.1.